The highest BCUT2D eigenvalue weighted by atomic mass is 127. The van der Waals surface area contributed by atoms with Crippen LogP contribution in [0.2, 0.25) is 0 Å². The summed E-state index contributed by atoms with van der Waals surface area (Å²) >= 11 is 2.15. The zero-order chi connectivity index (χ0) is 15.0. The molecule has 112 valence electrons. The van der Waals surface area contributed by atoms with Gasteiger partial charge in [-0.2, -0.15) is 0 Å². The van der Waals surface area contributed by atoms with Crippen molar-refractivity contribution in [2.75, 3.05) is 37.0 Å². The third kappa shape index (κ3) is 5.19. The molecule has 1 fully saturated rings. The van der Waals surface area contributed by atoms with Crippen molar-refractivity contribution in [2.45, 2.75) is 19.3 Å². The molecule has 0 radical (unpaired) electrons. The lowest BCUT2D eigenvalue weighted by Gasteiger charge is -2.25. The van der Waals surface area contributed by atoms with Crippen molar-refractivity contribution < 1.29 is 9.53 Å². The Bertz CT molecular complexity index is 418. The Morgan fingerprint density at radius 2 is 1.85 bits per heavy atom. The molecule has 20 heavy (non-hydrogen) atoms. The first-order valence-corrected chi connectivity index (χ1v) is 8.94. The molecule has 0 saturated carbocycles. The molecule has 0 aliphatic carbocycles. The number of likely N-dealkylation sites (tertiary alicyclic amines) is 1. The summed E-state index contributed by atoms with van der Waals surface area (Å²) in [6.07, 6.45) is 3.13. The SMILES string of the molecule is CI.CN(C)c1cccc(OC(=O)N2CCCCC2)c1. The number of carbonyl (C=O) groups is 1. The van der Waals surface area contributed by atoms with Crippen LogP contribution >= 0.6 is 22.6 Å². The number of hydrogen-bond acceptors (Lipinski definition) is 3. The third-order valence-electron chi connectivity index (χ3n) is 3.15. The molecular formula is C15H23IN2O2. The summed E-state index contributed by atoms with van der Waals surface area (Å²) in [7, 11) is 3.93. The smallest absolute Gasteiger partial charge is 0.410 e. The minimum Gasteiger partial charge on any atom is -0.410 e. The Balaban J connectivity index is 0.000000956. The Morgan fingerprint density at radius 1 is 1.20 bits per heavy atom. The van der Waals surface area contributed by atoms with Gasteiger partial charge in [0, 0.05) is 38.9 Å². The van der Waals surface area contributed by atoms with Crippen molar-refractivity contribution in [3.63, 3.8) is 0 Å². The molecule has 0 atom stereocenters. The quantitative estimate of drug-likeness (QED) is 0.569. The normalized spacial score (nSPS) is 14.1. The zero-order valence-electron chi connectivity index (χ0n) is 12.4. The van der Waals surface area contributed by atoms with E-state index in [1.165, 1.54) is 6.42 Å². The molecule has 0 unspecified atom stereocenters. The van der Waals surface area contributed by atoms with Crippen LogP contribution in [0.3, 0.4) is 0 Å². The maximum atomic E-state index is 11.9. The molecule has 1 aromatic carbocycles. The zero-order valence-corrected chi connectivity index (χ0v) is 14.6. The van der Waals surface area contributed by atoms with Crippen molar-refractivity contribution in [3.05, 3.63) is 24.3 Å². The van der Waals surface area contributed by atoms with E-state index in [0.29, 0.717) is 5.75 Å². The Labute approximate surface area is 135 Å². The third-order valence-corrected chi connectivity index (χ3v) is 3.15. The van der Waals surface area contributed by atoms with E-state index >= 15 is 0 Å². The molecule has 1 aromatic rings. The summed E-state index contributed by atoms with van der Waals surface area (Å²) < 4.78 is 5.40. The lowest BCUT2D eigenvalue weighted by atomic mass is 10.1. The Morgan fingerprint density at radius 3 is 2.45 bits per heavy atom. The van der Waals surface area contributed by atoms with Gasteiger partial charge in [0.2, 0.25) is 0 Å². The summed E-state index contributed by atoms with van der Waals surface area (Å²) in [6.45, 7) is 1.62. The highest BCUT2D eigenvalue weighted by Gasteiger charge is 2.18. The van der Waals surface area contributed by atoms with Crippen molar-refractivity contribution in [1.29, 1.82) is 0 Å². The van der Waals surface area contributed by atoms with Crippen LogP contribution in [-0.2, 0) is 0 Å². The summed E-state index contributed by atoms with van der Waals surface area (Å²) in [5.74, 6) is 0.608. The van der Waals surface area contributed by atoms with Crippen LogP contribution in [0.4, 0.5) is 10.5 Å². The second-order valence-corrected chi connectivity index (χ2v) is 4.81. The van der Waals surface area contributed by atoms with E-state index in [4.69, 9.17) is 4.74 Å². The molecule has 1 aliphatic rings. The van der Waals surface area contributed by atoms with E-state index in [1.54, 1.807) is 4.90 Å². The van der Waals surface area contributed by atoms with Gasteiger partial charge in [0.15, 0.2) is 0 Å². The number of benzene rings is 1. The highest BCUT2D eigenvalue weighted by Crippen LogP contribution is 2.20. The first-order chi connectivity index (χ1) is 9.66. The first kappa shape index (κ1) is 17.1. The topological polar surface area (TPSA) is 32.8 Å². The number of carbonyl (C=O) groups excluding carboxylic acids is 1. The monoisotopic (exact) mass is 390 g/mol. The lowest BCUT2D eigenvalue weighted by molar-refractivity contribution is 0.142. The molecule has 5 heteroatoms. The largest absolute Gasteiger partial charge is 0.415 e. The van der Waals surface area contributed by atoms with Crippen LogP contribution in [-0.4, -0.2) is 43.1 Å². The summed E-state index contributed by atoms with van der Waals surface area (Å²) in [5.41, 5.74) is 1.03. The number of piperidine rings is 1. The van der Waals surface area contributed by atoms with E-state index in [-0.39, 0.29) is 6.09 Å². The van der Waals surface area contributed by atoms with Gasteiger partial charge in [-0.3, -0.25) is 0 Å². The van der Waals surface area contributed by atoms with Gasteiger partial charge in [-0.25, -0.2) is 4.79 Å². The van der Waals surface area contributed by atoms with Gasteiger partial charge in [-0.05, 0) is 36.3 Å². The predicted molar refractivity (Wildman–Crippen MR) is 92.2 cm³/mol. The van der Waals surface area contributed by atoms with Gasteiger partial charge in [-0.15, -0.1) is 0 Å². The lowest BCUT2D eigenvalue weighted by Crippen LogP contribution is -2.37. The summed E-state index contributed by atoms with van der Waals surface area (Å²) in [6, 6.07) is 7.57. The average molecular weight is 390 g/mol. The number of rotatable bonds is 2. The average Bonchev–Trinajstić information content (AvgIpc) is 2.50. The van der Waals surface area contributed by atoms with Crippen molar-refractivity contribution in [2.24, 2.45) is 0 Å². The molecule has 1 amide bonds. The van der Waals surface area contributed by atoms with E-state index in [0.717, 1.165) is 31.6 Å². The second-order valence-electron chi connectivity index (χ2n) is 4.81. The fraction of sp³-hybridized carbons (Fsp3) is 0.533. The predicted octanol–water partition coefficient (Wildman–Crippen LogP) is 3.79. The molecule has 0 bridgehead atoms. The molecular weight excluding hydrogens is 367 g/mol. The van der Waals surface area contributed by atoms with Crippen LogP contribution in [0.1, 0.15) is 19.3 Å². The van der Waals surface area contributed by atoms with E-state index < -0.39 is 0 Å². The Kier molecular flexibility index (Phi) is 7.72. The number of anilines is 1. The van der Waals surface area contributed by atoms with Gasteiger partial charge < -0.3 is 14.5 Å². The van der Waals surface area contributed by atoms with Gasteiger partial charge in [-0.1, -0.05) is 28.7 Å². The van der Waals surface area contributed by atoms with Crippen LogP contribution in [0.25, 0.3) is 0 Å². The summed E-state index contributed by atoms with van der Waals surface area (Å²) in [4.78, 5) is 17.7. The molecule has 1 aliphatic heterocycles. The number of halogens is 1. The van der Waals surface area contributed by atoms with Gasteiger partial charge in [0.05, 0.1) is 0 Å². The van der Waals surface area contributed by atoms with Gasteiger partial charge in [0.1, 0.15) is 5.75 Å². The van der Waals surface area contributed by atoms with Crippen molar-refractivity contribution in [1.82, 2.24) is 4.90 Å². The maximum Gasteiger partial charge on any atom is 0.415 e. The van der Waals surface area contributed by atoms with E-state index in [1.807, 2.05) is 48.2 Å². The number of amides is 1. The molecule has 0 N–H and O–H groups in total. The minimum absolute atomic E-state index is 0.231. The molecule has 0 spiro atoms. The molecule has 1 saturated heterocycles. The van der Waals surface area contributed by atoms with Crippen molar-refractivity contribution in [3.8, 4) is 5.75 Å². The fourth-order valence-electron chi connectivity index (χ4n) is 2.07. The minimum atomic E-state index is -0.231. The maximum absolute atomic E-state index is 11.9. The molecule has 4 nitrogen and oxygen atoms in total. The van der Waals surface area contributed by atoms with Crippen LogP contribution < -0.4 is 9.64 Å². The first-order valence-electron chi connectivity index (χ1n) is 6.79. The van der Waals surface area contributed by atoms with E-state index in [2.05, 4.69) is 22.6 Å². The van der Waals surface area contributed by atoms with Crippen molar-refractivity contribution >= 4 is 34.4 Å². The number of ether oxygens (including phenoxy) is 1. The fourth-order valence-corrected chi connectivity index (χ4v) is 2.07. The number of alkyl halides is 1. The van der Waals surface area contributed by atoms with Gasteiger partial charge in [0.25, 0.3) is 0 Å². The van der Waals surface area contributed by atoms with Gasteiger partial charge >= 0.3 is 6.09 Å². The molecule has 2 rings (SSSR count). The van der Waals surface area contributed by atoms with E-state index in [9.17, 15) is 4.79 Å². The van der Waals surface area contributed by atoms with Crippen LogP contribution in [0, 0.1) is 0 Å². The standard InChI is InChI=1S/C14H20N2O2.CH3I/c1-15(2)12-7-6-8-13(11-12)18-14(17)16-9-4-3-5-10-16;1-2/h6-8,11H,3-5,9-10H2,1-2H3;1H3. The molecule has 0 aromatic heterocycles. The highest BCUT2D eigenvalue weighted by molar-refractivity contribution is 14.1. The molecule has 1 heterocycles. The second kappa shape index (κ2) is 9.05. The number of nitrogens with zero attached hydrogens (tertiary/aromatic N) is 2. The number of hydrogen-bond donors (Lipinski definition) is 0. The summed E-state index contributed by atoms with van der Waals surface area (Å²) in [5, 5.41) is 0. The Hall–Kier alpha value is -0.980. The van der Waals surface area contributed by atoms with Crippen LogP contribution in [0.5, 0.6) is 5.75 Å². The van der Waals surface area contributed by atoms with Crippen LogP contribution in [0.15, 0.2) is 24.3 Å².